The number of carbonyl (C=O) groups excluding carboxylic acids is 1. The molecule has 5 fully saturated rings. The van der Waals surface area contributed by atoms with Gasteiger partial charge in [-0.25, -0.2) is 4.79 Å². The second-order valence-electron chi connectivity index (χ2n) is 20.2. The highest BCUT2D eigenvalue weighted by Gasteiger charge is 2.62. The normalized spacial score (nSPS) is 39.4. The quantitative estimate of drug-likeness (QED) is 0.0817. The van der Waals surface area contributed by atoms with Crippen molar-refractivity contribution >= 4 is 5.97 Å². The van der Waals surface area contributed by atoms with Crippen molar-refractivity contribution in [1.82, 2.24) is 10.6 Å². The predicted molar refractivity (Wildman–Crippen MR) is 236 cm³/mol. The maximum Gasteiger partial charge on any atom is 0.338 e. The van der Waals surface area contributed by atoms with Crippen molar-refractivity contribution < 1.29 is 48.5 Å². The topological polar surface area (TPSA) is 183 Å². The Balaban J connectivity index is 1.04. The molecule has 16 atom stereocenters. The minimum absolute atomic E-state index is 0.0265. The molecule has 2 aliphatic heterocycles. The van der Waals surface area contributed by atoms with Gasteiger partial charge in [0.1, 0.15) is 11.9 Å². The summed E-state index contributed by atoms with van der Waals surface area (Å²) < 4.78 is 36.9. The molecule has 0 spiro atoms. The van der Waals surface area contributed by atoms with Gasteiger partial charge < -0.3 is 60.1 Å². The first-order valence-electron chi connectivity index (χ1n) is 23.7. The number of methoxy groups -OCH3 is 1. The molecule has 13 heteroatoms. The number of nitrogens with one attached hydrogen (secondary N) is 2. The third kappa shape index (κ3) is 10.4. The molecule has 14 unspecified atom stereocenters. The first-order chi connectivity index (χ1) is 29.7. The van der Waals surface area contributed by atoms with Crippen molar-refractivity contribution in [3.05, 3.63) is 53.4 Å². The number of hydrogen-bond donors (Lipinski definition) is 6. The van der Waals surface area contributed by atoms with Gasteiger partial charge in [0.05, 0.1) is 50.3 Å². The van der Waals surface area contributed by atoms with E-state index in [1.165, 1.54) is 12.0 Å². The van der Waals surface area contributed by atoms with Crippen molar-refractivity contribution in [3.8, 4) is 5.75 Å². The van der Waals surface area contributed by atoms with Crippen molar-refractivity contribution in [1.29, 1.82) is 0 Å². The van der Waals surface area contributed by atoms with Gasteiger partial charge in [0.15, 0.2) is 18.7 Å². The minimum Gasteiger partial charge on any atom is -0.497 e. The number of hydrogen-bond acceptors (Lipinski definition) is 13. The smallest absolute Gasteiger partial charge is 0.338 e. The number of carbonyl (C=O) groups is 1. The lowest BCUT2D eigenvalue weighted by Gasteiger charge is -2.58. The molecule has 2 saturated heterocycles. The monoisotopic (exact) mass is 868 g/mol. The van der Waals surface area contributed by atoms with Gasteiger partial charge >= 0.3 is 5.97 Å². The van der Waals surface area contributed by atoms with E-state index >= 15 is 0 Å². The van der Waals surface area contributed by atoms with Crippen LogP contribution in [0.3, 0.4) is 0 Å². The number of benzene rings is 1. The highest BCUT2D eigenvalue weighted by molar-refractivity contribution is 5.89. The number of aliphatic hydroxyl groups is 3. The van der Waals surface area contributed by atoms with E-state index in [2.05, 4.69) is 44.4 Å². The molecular weight excluding hydrogens is 791 g/mol. The van der Waals surface area contributed by atoms with Gasteiger partial charge in [-0.15, -0.1) is 0 Å². The average molecular weight is 868 g/mol. The second kappa shape index (κ2) is 20.6. The summed E-state index contributed by atoms with van der Waals surface area (Å²) >= 11 is 0. The van der Waals surface area contributed by atoms with Crippen LogP contribution in [0.15, 0.2) is 47.8 Å². The third-order valence-electron chi connectivity index (χ3n) is 16.1. The van der Waals surface area contributed by atoms with Crippen LogP contribution in [0, 0.1) is 46.3 Å². The number of esters is 1. The van der Waals surface area contributed by atoms with Crippen LogP contribution in [-0.4, -0.2) is 111 Å². The number of ether oxygens (including phenoxy) is 6. The molecule has 1 aromatic carbocycles. The Morgan fingerprint density at radius 1 is 0.984 bits per heavy atom. The predicted octanol–water partition coefficient (Wildman–Crippen LogP) is 5.81. The largest absolute Gasteiger partial charge is 0.497 e. The molecule has 13 nitrogen and oxygen atoms in total. The van der Waals surface area contributed by atoms with Gasteiger partial charge in [0.25, 0.3) is 0 Å². The van der Waals surface area contributed by atoms with Gasteiger partial charge in [-0.3, -0.25) is 0 Å². The van der Waals surface area contributed by atoms with Crippen LogP contribution in [0.4, 0.5) is 0 Å². The number of fused-ring (bicyclic) bond motifs is 5. The van der Waals surface area contributed by atoms with Crippen molar-refractivity contribution in [2.24, 2.45) is 52.1 Å². The van der Waals surface area contributed by atoms with Crippen LogP contribution in [0.1, 0.15) is 115 Å². The Morgan fingerprint density at radius 2 is 1.77 bits per heavy atom. The molecule has 7 rings (SSSR count). The summed E-state index contributed by atoms with van der Waals surface area (Å²) in [7, 11) is 3.45. The zero-order chi connectivity index (χ0) is 44.2. The molecule has 348 valence electrons. The Hall–Kier alpha value is -2.75. The first kappa shape index (κ1) is 47.2. The molecule has 0 amide bonds. The molecule has 3 saturated carbocycles. The van der Waals surface area contributed by atoms with E-state index in [-0.39, 0.29) is 49.1 Å². The zero-order valence-electron chi connectivity index (χ0n) is 38.1. The number of aliphatic hydroxyl groups excluding tert-OH is 3. The fourth-order valence-corrected chi connectivity index (χ4v) is 12.8. The van der Waals surface area contributed by atoms with Gasteiger partial charge in [0.2, 0.25) is 0 Å². The number of allylic oxidation sites excluding steroid dienone is 1. The highest BCUT2D eigenvalue weighted by Crippen LogP contribution is 2.68. The molecule has 1 aromatic rings. The Bertz CT molecular complexity index is 1690. The van der Waals surface area contributed by atoms with Gasteiger partial charge in [0, 0.05) is 37.8 Å². The van der Waals surface area contributed by atoms with E-state index in [1.54, 1.807) is 31.4 Å². The van der Waals surface area contributed by atoms with Gasteiger partial charge in [-0.2, -0.15) is 0 Å². The van der Waals surface area contributed by atoms with Crippen LogP contribution in [-0.2, 0) is 23.7 Å². The number of likely N-dealkylation sites (N-methyl/N-ethyl adjacent to an activating group) is 1. The van der Waals surface area contributed by atoms with Crippen molar-refractivity contribution in [3.63, 3.8) is 0 Å². The lowest BCUT2D eigenvalue weighted by molar-refractivity contribution is -0.302. The van der Waals surface area contributed by atoms with E-state index in [4.69, 9.17) is 34.2 Å². The zero-order valence-corrected chi connectivity index (χ0v) is 38.1. The van der Waals surface area contributed by atoms with Crippen LogP contribution in [0.25, 0.3) is 0 Å². The molecule has 0 aromatic heterocycles. The van der Waals surface area contributed by atoms with Crippen LogP contribution >= 0.6 is 0 Å². The Morgan fingerprint density at radius 3 is 2.53 bits per heavy atom. The third-order valence-corrected chi connectivity index (χ3v) is 16.1. The first-order valence-corrected chi connectivity index (χ1v) is 23.7. The van der Waals surface area contributed by atoms with Crippen LogP contribution in [0.5, 0.6) is 5.75 Å². The lowest BCUT2D eigenvalue weighted by atomic mass is 9.47. The second-order valence-corrected chi connectivity index (χ2v) is 20.2. The maximum absolute atomic E-state index is 13.2. The molecule has 0 radical (unpaired) electrons. The summed E-state index contributed by atoms with van der Waals surface area (Å²) in [5, 5.41) is 39.3. The molecule has 0 bridgehead atoms. The van der Waals surface area contributed by atoms with Gasteiger partial charge in [-0.05, 0) is 129 Å². The fourth-order valence-electron chi connectivity index (χ4n) is 12.8. The van der Waals surface area contributed by atoms with E-state index in [0.717, 1.165) is 70.0 Å². The molecule has 7 N–H and O–H groups in total. The minimum atomic E-state index is -1.09. The summed E-state index contributed by atoms with van der Waals surface area (Å²) in [5.74, 6) is 2.91. The molecular formula is C49H77N3O10. The van der Waals surface area contributed by atoms with E-state index in [9.17, 15) is 20.1 Å². The SMILES string of the molecule is CNC/C(N)=C/NCC(C)CCCC(C)C1C(O[C@@H]2CC(OC3OCCC(O)[C@H]3OC(=O)c3ccc(OC)cc3)C(O)CO2)CC2C3CC=C4CC(O)CCC4(C)C3CCC21C. The lowest BCUT2D eigenvalue weighted by Crippen LogP contribution is -2.53. The maximum atomic E-state index is 13.2. The van der Waals surface area contributed by atoms with Crippen molar-refractivity contribution in [2.45, 2.75) is 154 Å². The fraction of sp³-hybridized carbons (Fsp3) is 0.776. The summed E-state index contributed by atoms with van der Waals surface area (Å²) in [5.41, 5.74) is 8.89. The number of nitrogens with two attached hydrogens (primary N) is 1. The molecule has 2 heterocycles. The molecule has 62 heavy (non-hydrogen) atoms. The van der Waals surface area contributed by atoms with Gasteiger partial charge in [-0.1, -0.05) is 52.2 Å². The van der Waals surface area contributed by atoms with E-state index in [0.29, 0.717) is 53.4 Å². The van der Waals surface area contributed by atoms with Crippen molar-refractivity contribution in [2.75, 3.05) is 40.5 Å². The summed E-state index contributed by atoms with van der Waals surface area (Å²) in [6.07, 6.45) is 9.72. The number of rotatable bonds is 17. The highest BCUT2D eigenvalue weighted by atomic mass is 16.7. The van der Waals surface area contributed by atoms with Crippen LogP contribution in [0.2, 0.25) is 0 Å². The summed E-state index contributed by atoms with van der Waals surface area (Å²) in [6, 6.07) is 6.56. The van der Waals surface area contributed by atoms with E-state index in [1.807, 2.05) is 13.2 Å². The summed E-state index contributed by atoms with van der Waals surface area (Å²) in [4.78, 5) is 13.2. The molecule has 6 aliphatic rings. The standard InChI is InChI=1S/C49H77N3O10/c1-29(25-52-27-33(50)26-51-5)8-7-9-30(2)44-42(23-38-36-15-12-32-22-34(53)16-19-48(32,3)37(36)17-20-49(38,44)4)60-43-24-41(40(55)28-59-43)61-47-45(39(54)18-21-58-47)62-46(56)31-10-13-35(57-6)14-11-31/h10-14,27,29-30,34,36-45,47,51-55H,7-9,15-26,28,50H2,1-6H3/b33-27-/t29?,30?,34?,36?,37?,38?,39?,40?,41?,42?,43-,44?,45-,47?,48?,49?/m1/s1. The van der Waals surface area contributed by atoms with Crippen LogP contribution < -0.4 is 21.1 Å². The molecule has 4 aliphatic carbocycles. The van der Waals surface area contributed by atoms with E-state index < -0.39 is 43.0 Å². The summed E-state index contributed by atoms with van der Waals surface area (Å²) in [6.45, 7) is 11.6. The Labute approximate surface area is 369 Å². The Kier molecular flexibility index (Phi) is 15.7. The average Bonchev–Trinajstić information content (AvgIpc) is 3.55.